The van der Waals surface area contributed by atoms with E-state index in [1.807, 2.05) is 26.8 Å². The van der Waals surface area contributed by atoms with Crippen molar-refractivity contribution in [1.29, 1.82) is 0 Å². The molecule has 1 aliphatic heterocycles. The highest BCUT2D eigenvalue weighted by Crippen LogP contribution is 2.22. The van der Waals surface area contributed by atoms with Gasteiger partial charge in [0.05, 0.1) is 17.2 Å². The predicted molar refractivity (Wildman–Crippen MR) is 117 cm³/mol. The Hall–Kier alpha value is -2.73. The monoisotopic (exact) mass is 411 g/mol. The Morgan fingerprint density at radius 2 is 1.80 bits per heavy atom. The van der Waals surface area contributed by atoms with E-state index in [1.54, 1.807) is 30.3 Å². The van der Waals surface area contributed by atoms with Crippen molar-refractivity contribution < 1.29 is 14.0 Å². The van der Waals surface area contributed by atoms with Crippen LogP contribution in [0.15, 0.2) is 48.5 Å². The molecule has 3 rings (SSSR count). The highest BCUT2D eigenvalue weighted by Gasteiger charge is 2.27. The SMILES string of the molecule is CC(C)(C)NC(=O)c1ccccc1NC(=O)[C@@H]1CCCN(Cc2ccc(F)cc2)C1. The van der Waals surface area contributed by atoms with Crippen molar-refractivity contribution >= 4 is 17.5 Å². The number of nitrogens with zero attached hydrogens (tertiary/aromatic N) is 1. The minimum absolute atomic E-state index is 0.0742. The van der Waals surface area contributed by atoms with Gasteiger partial charge in [0.2, 0.25) is 5.91 Å². The number of benzene rings is 2. The Bertz CT molecular complexity index is 890. The van der Waals surface area contributed by atoms with E-state index in [2.05, 4.69) is 15.5 Å². The molecular weight excluding hydrogens is 381 g/mol. The van der Waals surface area contributed by atoms with Crippen LogP contribution in [0, 0.1) is 11.7 Å². The molecule has 1 saturated heterocycles. The summed E-state index contributed by atoms with van der Waals surface area (Å²) in [4.78, 5) is 27.8. The maximum Gasteiger partial charge on any atom is 0.253 e. The summed E-state index contributed by atoms with van der Waals surface area (Å²) in [5.74, 6) is -0.684. The zero-order valence-electron chi connectivity index (χ0n) is 17.9. The van der Waals surface area contributed by atoms with Gasteiger partial charge in [-0.25, -0.2) is 4.39 Å². The molecule has 160 valence electrons. The largest absolute Gasteiger partial charge is 0.347 e. The Labute approximate surface area is 177 Å². The highest BCUT2D eigenvalue weighted by molar-refractivity contribution is 6.04. The molecule has 0 aromatic heterocycles. The molecule has 6 heteroatoms. The molecular formula is C24H30FN3O2. The third-order valence-corrected chi connectivity index (χ3v) is 5.11. The van der Waals surface area contributed by atoms with E-state index in [1.165, 1.54) is 12.1 Å². The second-order valence-corrected chi connectivity index (χ2v) is 8.94. The molecule has 2 N–H and O–H groups in total. The van der Waals surface area contributed by atoms with E-state index in [0.717, 1.165) is 24.9 Å². The molecule has 1 atom stereocenters. The third-order valence-electron chi connectivity index (χ3n) is 5.11. The van der Waals surface area contributed by atoms with Gasteiger partial charge in [-0.1, -0.05) is 24.3 Å². The average molecular weight is 412 g/mol. The first-order chi connectivity index (χ1) is 14.2. The summed E-state index contributed by atoms with van der Waals surface area (Å²) in [6, 6.07) is 13.6. The predicted octanol–water partition coefficient (Wildman–Crippen LogP) is 4.20. The Morgan fingerprint density at radius 3 is 2.50 bits per heavy atom. The summed E-state index contributed by atoms with van der Waals surface area (Å²) in [5.41, 5.74) is 1.65. The molecule has 0 radical (unpaired) electrons. The van der Waals surface area contributed by atoms with Gasteiger partial charge in [-0.2, -0.15) is 0 Å². The lowest BCUT2D eigenvalue weighted by molar-refractivity contribution is -0.121. The molecule has 1 fully saturated rings. The van der Waals surface area contributed by atoms with Gasteiger partial charge in [-0.3, -0.25) is 14.5 Å². The first kappa shape index (κ1) is 22.0. The molecule has 2 amide bonds. The number of likely N-dealkylation sites (tertiary alicyclic amines) is 1. The average Bonchev–Trinajstić information content (AvgIpc) is 2.69. The van der Waals surface area contributed by atoms with Crippen molar-refractivity contribution in [3.05, 3.63) is 65.5 Å². The molecule has 2 aromatic rings. The van der Waals surface area contributed by atoms with Crippen LogP contribution >= 0.6 is 0 Å². The Balaban J connectivity index is 1.64. The van der Waals surface area contributed by atoms with Crippen LogP contribution < -0.4 is 10.6 Å². The van der Waals surface area contributed by atoms with E-state index in [4.69, 9.17) is 0 Å². The number of halogens is 1. The van der Waals surface area contributed by atoms with Gasteiger partial charge in [0.15, 0.2) is 0 Å². The normalized spacial score (nSPS) is 17.4. The van der Waals surface area contributed by atoms with Crippen molar-refractivity contribution in [3.8, 4) is 0 Å². The van der Waals surface area contributed by atoms with E-state index >= 15 is 0 Å². The van der Waals surface area contributed by atoms with Crippen LogP contribution in [0.2, 0.25) is 0 Å². The van der Waals surface area contributed by atoms with Crippen LogP contribution in [0.25, 0.3) is 0 Å². The summed E-state index contributed by atoms with van der Waals surface area (Å²) >= 11 is 0. The first-order valence-electron chi connectivity index (χ1n) is 10.4. The summed E-state index contributed by atoms with van der Waals surface area (Å²) < 4.78 is 13.1. The highest BCUT2D eigenvalue weighted by atomic mass is 19.1. The number of rotatable bonds is 5. The number of carbonyl (C=O) groups excluding carboxylic acids is 2. The molecule has 2 aromatic carbocycles. The zero-order valence-corrected chi connectivity index (χ0v) is 17.9. The molecule has 0 spiro atoms. The van der Waals surface area contributed by atoms with E-state index < -0.39 is 0 Å². The number of piperidine rings is 1. The van der Waals surface area contributed by atoms with Gasteiger partial charge in [-0.05, 0) is 70.0 Å². The number of carbonyl (C=O) groups is 2. The molecule has 30 heavy (non-hydrogen) atoms. The fraction of sp³-hybridized carbons (Fsp3) is 0.417. The topological polar surface area (TPSA) is 61.4 Å². The number of para-hydroxylation sites is 1. The Kier molecular flexibility index (Phi) is 6.87. The number of hydrogen-bond donors (Lipinski definition) is 2. The number of hydrogen-bond acceptors (Lipinski definition) is 3. The molecule has 1 heterocycles. The van der Waals surface area contributed by atoms with Gasteiger partial charge < -0.3 is 10.6 Å². The molecule has 1 aliphatic rings. The third kappa shape index (κ3) is 6.13. The second kappa shape index (κ2) is 9.39. The van der Waals surface area contributed by atoms with Crippen molar-refractivity contribution in [1.82, 2.24) is 10.2 Å². The number of amides is 2. The van der Waals surface area contributed by atoms with E-state index in [-0.39, 0.29) is 29.1 Å². The molecule has 0 bridgehead atoms. The van der Waals surface area contributed by atoms with Crippen molar-refractivity contribution in [2.24, 2.45) is 5.92 Å². The minimum Gasteiger partial charge on any atom is -0.347 e. The van der Waals surface area contributed by atoms with Gasteiger partial charge in [0.1, 0.15) is 5.82 Å². The van der Waals surface area contributed by atoms with Crippen LogP contribution in [0.5, 0.6) is 0 Å². The lowest BCUT2D eigenvalue weighted by Gasteiger charge is -2.32. The summed E-state index contributed by atoms with van der Waals surface area (Å²) in [6.45, 7) is 8.00. The lowest BCUT2D eigenvalue weighted by atomic mass is 9.96. The fourth-order valence-electron chi connectivity index (χ4n) is 3.69. The molecule has 0 aliphatic carbocycles. The van der Waals surface area contributed by atoms with Crippen molar-refractivity contribution in [2.45, 2.75) is 45.7 Å². The number of nitrogens with one attached hydrogen (secondary N) is 2. The van der Waals surface area contributed by atoms with Gasteiger partial charge in [0, 0.05) is 18.6 Å². The smallest absolute Gasteiger partial charge is 0.253 e. The van der Waals surface area contributed by atoms with Gasteiger partial charge >= 0.3 is 0 Å². The van der Waals surface area contributed by atoms with Gasteiger partial charge in [0.25, 0.3) is 5.91 Å². The standard InChI is InChI=1S/C24H30FN3O2/c1-24(2,3)27-23(30)20-8-4-5-9-21(20)26-22(29)18-7-6-14-28(16-18)15-17-10-12-19(25)13-11-17/h4-5,8-13,18H,6-7,14-16H2,1-3H3,(H,26,29)(H,27,30)/t18-/m1/s1. The summed E-state index contributed by atoms with van der Waals surface area (Å²) in [5, 5.41) is 5.90. The zero-order chi connectivity index (χ0) is 21.7. The Morgan fingerprint density at radius 1 is 1.10 bits per heavy atom. The van der Waals surface area contributed by atoms with Crippen molar-refractivity contribution in [2.75, 3.05) is 18.4 Å². The van der Waals surface area contributed by atoms with Gasteiger partial charge in [-0.15, -0.1) is 0 Å². The van der Waals surface area contributed by atoms with Crippen molar-refractivity contribution in [3.63, 3.8) is 0 Å². The summed E-state index contributed by atoms with van der Waals surface area (Å²) in [6.07, 6.45) is 1.73. The first-order valence-corrected chi connectivity index (χ1v) is 10.4. The minimum atomic E-state index is -0.363. The molecule has 5 nitrogen and oxygen atoms in total. The molecule has 0 saturated carbocycles. The quantitative estimate of drug-likeness (QED) is 0.775. The van der Waals surface area contributed by atoms with E-state index in [9.17, 15) is 14.0 Å². The van der Waals surface area contributed by atoms with Crippen LogP contribution in [0.3, 0.4) is 0 Å². The van der Waals surface area contributed by atoms with Crippen LogP contribution in [-0.2, 0) is 11.3 Å². The lowest BCUT2D eigenvalue weighted by Crippen LogP contribution is -2.42. The number of anilines is 1. The fourth-order valence-corrected chi connectivity index (χ4v) is 3.69. The van der Waals surface area contributed by atoms with E-state index in [0.29, 0.717) is 24.3 Å². The molecule has 0 unspecified atom stereocenters. The van der Waals surface area contributed by atoms with Crippen LogP contribution in [-0.4, -0.2) is 35.3 Å². The second-order valence-electron chi connectivity index (χ2n) is 8.94. The maximum absolute atomic E-state index is 13.1. The summed E-state index contributed by atoms with van der Waals surface area (Å²) in [7, 11) is 0. The van der Waals surface area contributed by atoms with Crippen LogP contribution in [0.4, 0.5) is 10.1 Å². The van der Waals surface area contributed by atoms with Crippen LogP contribution in [0.1, 0.15) is 49.5 Å². The maximum atomic E-state index is 13.1.